The summed E-state index contributed by atoms with van der Waals surface area (Å²) in [6.45, 7) is 9.32. The van der Waals surface area contributed by atoms with Gasteiger partial charge in [-0.2, -0.15) is 0 Å². The third-order valence-electron chi connectivity index (χ3n) is 3.61. The molecule has 0 amide bonds. The number of rotatable bonds is 6. The van der Waals surface area contributed by atoms with Crippen molar-refractivity contribution < 1.29 is 8.42 Å². The number of benzene rings is 1. The second kappa shape index (κ2) is 6.95. The molecule has 2 aromatic rings. The Morgan fingerprint density at radius 1 is 1.04 bits per heavy atom. The van der Waals surface area contributed by atoms with Crippen molar-refractivity contribution in [2.24, 2.45) is 0 Å². The van der Waals surface area contributed by atoms with E-state index in [-0.39, 0.29) is 10.7 Å². The van der Waals surface area contributed by atoms with Crippen LogP contribution in [0.15, 0.2) is 35.2 Å². The molecule has 1 aromatic heterocycles. The lowest BCUT2D eigenvalue weighted by atomic mass is 10.2. The van der Waals surface area contributed by atoms with E-state index in [0.717, 1.165) is 24.5 Å². The van der Waals surface area contributed by atoms with Crippen LogP contribution in [0, 0.1) is 13.8 Å². The molecule has 0 aliphatic heterocycles. The number of sulfonamides is 1. The molecule has 1 heterocycles. The number of nitrogens with one attached hydrogen (secondary N) is 1. The van der Waals surface area contributed by atoms with E-state index >= 15 is 0 Å². The van der Waals surface area contributed by atoms with Gasteiger partial charge in [-0.1, -0.05) is 12.1 Å². The summed E-state index contributed by atoms with van der Waals surface area (Å²) in [6.07, 6.45) is 0. The molecule has 0 spiro atoms. The third-order valence-corrected chi connectivity index (χ3v) is 5.11. The summed E-state index contributed by atoms with van der Waals surface area (Å²) >= 11 is 0. The van der Waals surface area contributed by atoms with Gasteiger partial charge in [0.2, 0.25) is 0 Å². The van der Waals surface area contributed by atoms with E-state index in [1.54, 1.807) is 31.2 Å². The standard InChI is InChI=1S/C16H22N4O2S/c1-5-20(6-2)16-10-9-15(17-18-16)19-23(21,22)14-11-12(3)7-8-13(14)4/h7-11H,5-6H2,1-4H3,(H,17,19). The Morgan fingerprint density at radius 3 is 2.30 bits per heavy atom. The summed E-state index contributed by atoms with van der Waals surface area (Å²) in [7, 11) is -3.68. The Hall–Kier alpha value is -2.15. The molecule has 0 aliphatic rings. The maximum Gasteiger partial charge on any atom is 0.263 e. The topological polar surface area (TPSA) is 75.2 Å². The molecule has 0 aliphatic carbocycles. The van der Waals surface area contributed by atoms with Crippen LogP contribution in [0.25, 0.3) is 0 Å². The Morgan fingerprint density at radius 2 is 1.74 bits per heavy atom. The lowest BCUT2D eigenvalue weighted by molar-refractivity contribution is 0.600. The molecule has 1 N–H and O–H groups in total. The van der Waals surface area contributed by atoms with Crippen molar-refractivity contribution in [3.8, 4) is 0 Å². The van der Waals surface area contributed by atoms with E-state index in [2.05, 4.69) is 14.9 Å². The van der Waals surface area contributed by atoms with Crippen LogP contribution in [0.2, 0.25) is 0 Å². The average molecular weight is 334 g/mol. The molecule has 0 atom stereocenters. The summed E-state index contributed by atoms with van der Waals surface area (Å²) in [4.78, 5) is 2.29. The van der Waals surface area contributed by atoms with E-state index in [9.17, 15) is 8.42 Å². The SMILES string of the molecule is CCN(CC)c1ccc(NS(=O)(=O)c2cc(C)ccc2C)nn1. The summed E-state index contributed by atoms with van der Waals surface area (Å²) < 4.78 is 27.5. The number of nitrogens with zero attached hydrogens (tertiary/aromatic N) is 3. The van der Waals surface area contributed by atoms with E-state index in [1.165, 1.54) is 0 Å². The first-order valence-electron chi connectivity index (χ1n) is 7.56. The van der Waals surface area contributed by atoms with Crippen LogP contribution in [-0.2, 0) is 10.0 Å². The number of aryl methyl sites for hydroxylation is 2. The van der Waals surface area contributed by atoms with Gasteiger partial charge in [0.05, 0.1) is 4.90 Å². The highest BCUT2D eigenvalue weighted by atomic mass is 32.2. The lowest BCUT2D eigenvalue weighted by Gasteiger charge is -2.19. The zero-order chi connectivity index (χ0) is 17.0. The van der Waals surface area contributed by atoms with Gasteiger partial charge in [-0.05, 0) is 57.0 Å². The monoisotopic (exact) mass is 334 g/mol. The second-order valence-corrected chi connectivity index (χ2v) is 6.97. The van der Waals surface area contributed by atoms with Crippen molar-refractivity contribution >= 4 is 21.7 Å². The summed E-state index contributed by atoms with van der Waals surface area (Å²) in [5.41, 5.74) is 1.58. The molecule has 0 saturated carbocycles. The highest BCUT2D eigenvalue weighted by molar-refractivity contribution is 7.92. The number of aromatic nitrogens is 2. The molecule has 0 unspecified atom stereocenters. The lowest BCUT2D eigenvalue weighted by Crippen LogP contribution is -2.23. The Balaban J connectivity index is 2.25. The number of anilines is 2. The molecule has 7 heteroatoms. The zero-order valence-corrected chi connectivity index (χ0v) is 14.7. The van der Waals surface area contributed by atoms with Gasteiger partial charge in [0.15, 0.2) is 11.6 Å². The molecular weight excluding hydrogens is 312 g/mol. The normalized spacial score (nSPS) is 11.3. The van der Waals surface area contributed by atoms with Gasteiger partial charge in [-0.3, -0.25) is 4.72 Å². The molecule has 0 radical (unpaired) electrons. The van der Waals surface area contributed by atoms with Gasteiger partial charge in [0.1, 0.15) is 0 Å². The maximum absolute atomic E-state index is 12.5. The van der Waals surface area contributed by atoms with Crippen LogP contribution in [0.5, 0.6) is 0 Å². The van der Waals surface area contributed by atoms with Gasteiger partial charge >= 0.3 is 0 Å². The van der Waals surface area contributed by atoms with Crippen LogP contribution in [-0.4, -0.2) is 31.7 Å². The first kappa shape index (κ1) is 17.2. The summed E-state index contributed by atoms with van der Waals surface area (Å²) in [6, 6.07) is 8.71. The van der Waals surface area contributed by atoms with Gasteiger partial charge < -0.3 is 4.90 Å². The third kappa shape index (κ3) is 3.98. The van der Waals surface area contributed by atoms with E-state index in [0.29, 0.717) is 5.56 Å². The van der Waals surface area contributed by atoms with E-state index in [4.69, 9.17) is 0 Å². The second-order valence-electron chi connectivity index (χ2n) is 5.32. The molecule has 124 valence electrons. The smallest absolute Gasteiger partial charge is 0.263 e. The highest BCUT2D eigenvalue weighted by Crippen LogP contribution is 2.20. The van der Waals surface area contributed by atoms with Gasteiger partial charge in [-0.15, -0.1) is 10.2 Å². The fraction of sp³-hybridized carbons (Fsp3) is 0.375. The van der Waals surface area contributed by atoms with Crippen molar-refractivity contribution in [3.63, 3.8) is 0 Å². The van der Waals surface area contributed by atoms with Crippen molar-refractivity contribution in [3.05, 3.63) is 41.5 Å². The first-order chi connectivity index (χ1) is 10.9. The quantitative estimate of drug-likeness (QED) is 0.879. The Labute approximate surface area is 137 Å². The molecule has 2 rings (SSSR count). The minimum Gasteiger partial charge on any atom is -0.356 e. The first-order valence-corrected chi connectivity index (χ1v) is 9.04. The van der Waals surface area contributed by atoms with Gasteiger partial charge in [-0.25, -0.2) is 8.42 Å². The summed E-state index contributed by atoms with van der Waals surface area (Å²) in [5.74, 6) is 0.937. The predicted octanol–water partition coefficient (Wildman–Crippen LogP) is 2.74. The van der Waals surface area contributed by atoms with Crippen LogP contribution in [0.1, 0.15) is 25.0 Å². The molecular formula is C16H22N4O2S. The molecule has 0 saturated heterocycles. The zero-order valence-electron chi connectivity index (χ0n) is 13.9. The van der Waals surface area contributed by atoms with Crippen LogP contribution in [0.3, 0.4) is 0 Å². The fourth-order valence-electron chi connectivity index (χ4n) is 2.29. The maximum atomic E-state index is 12.5. The van der Waals surface area contributed by atoms with Gasteiger partial charge in [0, 0.05) is 13.1 Å². The summed E-state index contributed by atoms with van der Waals surface area (Å²) in [5, 5.41) is 8.06. The van der Waals surface area contributed by atoms with E-state index in [1.807, 2.05) is 31.7 Å². The van der Waals surface area contributed by atoms with Crippen LogP contribution < -0.4 is 9.62 Å². The van der Waals surface area contributed by atoms with Crippen molar-refractivity contribution in [1.29, 1.82) is 0 Å². The van der Waals surface area contributed by atoms with Crippen molar-refractivity contribution in [2.45, 2.75) is 32.6 Å². The van der Waals surface area contributed by atoms with Crippen molar-refractivity contribution in [1.82, 2.24) is 10.2 Å². The predicted molar refractivity (Wildman–Crippen MR) is 92.3 cm³/mol. The molecule has 0 bridgehead atoms. The Bertz CT molecular complexity index is 769. The largest absolute Gasteiger partial charge is 0.356 e. The highest BCUT2D eigenvalue weighted by Gasteiger charge is 2.18. The number of hydrogen-bond acceptors (Lipinski definition) is 5. The molecule has 1 aromatic carbocycles. The van der Waals surface area contributed by atoms with Crippen molar-refractivity contribution in [2.75, 3.05) is 22.7 Å². The average Bonchev–Trinajstić information content (AvgIpc) is 2.52. The minimum absolute atomic E-state index is 0.210. The molecule has 23 heavy (non-hydrogen) atoms. The van der Waals surface area contributed by atoms with Crippen LogP contribution in [0.4, 0.5) is 11.6 Å². The molecule has 6 nitrogen and oxygen atoms in total. The van der Waals surface area contributed by atoms with Crippen LogP contribution >= 0.6 is 0 Å². The van der Waals surface area contributed by atoms with E-state index < -0.39 is 10.0 Å². The van der Waals surface area contributed by atoms with Gasteiger partial charge in [0.25, 0.3) is 10.0 Å². The molecule has 0 fully saturated rings. The number of hydrogen-bond donors (Lipinski definition) is 1. The Kier molecular flexibility index (Phi) is 5.20. The minimum atomic E-state index is -3.68. The fourth-order valence-corrected chi connectivity index (χ4v) is 3.61.